The first-order valence-electron chi connectivity index (χ1n) is 7.74. The average Bonchev–Trinajstić information content (AvgIpc) is 2.57. The molecule has 1 fully saturated rings. The van der Waals surface area contributed by atoms with E-state index in [2.05, 4.69) is 29.2 Å². The minimum Gasteiger partial charge on any atom is -0.490 e. The van der Waals surface area contributed by atoms with Crippen molar-refractivity contribution in [2.75, 3.05) is 6.54 Å². The van der Waals surface area contributed by atoms with Crippen LogP contribution in [-0.2, 0) is 0 Å². The molecule has 21 heavy (non-hydrogen) atoms. The summed E-state index contributed by atoms with van der Waals surface area (Å²) >= 11 is 0. The molecule has 2 unspecified atom stereocenters. The molecule has 1 heterocycles. The van der Waals surface area contributed by atoms with Crippen molar-refractivity contribution >= 4 is 0 Å². The molecule has 1 aliphatic rings. The highest BCUT2D eigenvalue weighted by molar-refractivity contribution is 5.63. The highest BCUT2D eigenvalue weighted by Gasteiger charge is 2.25. The smallest absolute Gasteiger partial charge is 0.119 e. The Hall–Kier alpha value is -1.87. The maximum Gasteiger partial charge on any atom is 0.119 e. The molecule has 2 atom stereocenters. The minimum absolute atomic E-state index is 0.274. The van der Waals surface area contributed by atoms with Crippen molar-refractivity contribution in [2.24, 2.45) is 11.7 Å². The Balaban J connectivity index is 1.69. The zero-order valence-electron chi connectivity index (χ0n) is 12.2. The molecule has 0 saturated heterocycles. The van der Waals surface area contributed by atoms with Crippen LogP contribution in [0.1, 0.15) is 25.7 Å². The van der Waals surface area contributed by atoms with Gasteiger partial charge in [-0.2, -0.15) is 0 Å². The van der Waals surface area contributed by atoms with E-state index in [1.807, 2.05) is 24.5 Å². The van der Waals surface area contributed by atoms with Crippen LogP contribution < -0.4 is 10.5 Å². The molecule has 3 nitrogen and oxygen atoms in total. The van der Waals surface area contributed by atoms with Gasteiger partial charge in [0.15, 0.2) is 0 Å². The fraction of sp³-hybridized carbons (Fsp3) is 0.389. The summed E-state index contributed by atoms with van der Waals surface area (Å²) in [6, 6.07) is 12.3. The third-order valence-electron chi connectivity index (χ3n) is 4.30. The van der Waals surface area contributed by atoms with Gasteiger partial charge in [-0.15, -0.1) is 0 Å². The first-order chi connectivity index (χ1) is 10.4. The predicted molar refractivity (Wildman–Crippen MR) is 85.1 cm³/mol. The molecular formula is C18H22N2O. The quantitative estimate of drug-likeness (QED) is 0.931. The second kappa shape index (κ2) is 6.72. The number of aromatic nitrogens is 1. The molecule has 3 heteroatoms. The Morgan fingerprint density at radius 2 is 1.62 bits per heavy atom. The Labute approximate surface area is 126 Å². The molecule has 0 radical (unpaired) electrons. The van der Waals surface area contributed by atoms with Crippen molar-refractivity contribution < 1.29 is 4.74 Å². The summed E-state index contributed by atoms with van der Waals surface area (Å²) in [5.41, 5.74) is 8.22. The largest absolute Gasteiger partial charge is 0.490 e. The van der Waals surface area contributed by atoms with Crippen LogP contribution in [-0.4, -0.2) is 17.6 Å². The predicted octanol–water partition coefficient (Wildman–Crippen LogP) is 3.64. The molecule has 0 bridgehead atoms. The van der Waals surface area contributed by atoms with Crippen LogP contribution in [0.4, 0.5) is 0 Å². The molecule has 0 spiro atoms. The van der Waals surface area contributed by atoms with E-state index in [0.717, 1.165) is 18.7 Å². The van der Waals surface area contributed by atoms with Gasteiger partial charge >= 0.3 is 0 Å². The standard InChI is InChI=1S/C18H22N2O/c19-13-16-3-1-2-4-18(16)21-17-7-5-14(6-8-17)15-9-11-20-12-10-15/h5-12,16,18H,1-4,13,19H2. The van der Waals surface area contributed by atoms with Crippen molar-refractivity contribution in [1.29, 1.82) is 0 Å². The topological polar surface area (TPSA) is 48.1 Å². The minimum atomic E-state index is 0.274. The Morgan fingerprint density at radius 3 is 2.33 bits per heavy atom. The van der Waals surface area contributed by atoms with Gasteiger partial charge in [-0.25, -0.2) is 0 Å². The van der Waals surface area contributed by atoms with E-state index in [-0.39, 0.29) is 6.10 Å². The number of nitrogens with two attached hydrogens (primary N) is 1. The van der Waals surface area contributed by atoms with Crippen molar-refractivity contribution in [2.45, 2.75) is 31.8 Å². The Bertz CT molecular complexity index is 553. The number of benzene rings is 1. The van der Waals surface area contributed by atoms with Crippen molar-refractivity contribution in [3.63, 3.8) is 0 Å². The third kappa shape index (κ3) is 3.42. The molecule has 0 aliphatic heterocycles. The number of nitrogens with zero attached hydrogens (tertiary/aromatic N) is 1. The summed E-state index contributed by atoms with van der Waals surface area (Å²) in [4.78, 5) is 4.05. The van der Waals surface area contributed by atoms with Gasteiger partial charge < -0.3 is 10.5 Å². The molecule has 3 rings (SSSR count). The first kappa shape index (κ1) is 14.1. The lowest BCUT2D eigenvalue weighted by atomic mass is 9.86. The van der Waals surface area contributed by atoms with E-state index in [4.69, 9.17) is 10.5 Å². The Morgan fingerprint density at radius 1 is 0.952 bits per heavy atom. The first-order valence-corrected chi connectivity index (χ1v) is 7.74. The third-order valence-corrected chi connectivity index (χ3v) is 4.30. The molecule has 1 aromatic carbocycles. The van der Waals surface area contributed by atoms with Gasteiger partial charge in [0, 0.05) is 18.3 Å². The van der Waals surface area contributed by atoms with Crippen LogP contribution in [0.25, 0.3) is 11.1 Å². The van der Waals surface area contributed by atoms with Crippen molar-refractivity contribution in [1.82, 2.24) is 4.98 Å². The molecule has 1 aliphatic carbocycles. The number of hydrogen-bond donors (Lipinski definition) is 1. The van der Waals surface area contributed by atoms with Crippen LogP contribution in [0.5, 0.6) is 5.75 Å². The summed E-state index contributed by atoms with van der Waals surface area (Å²) in [6.07, 6.45) is 8.74. The molecule has 0 amide bonds. The number of ether oxygens (including phenoxy) is 1. The number of pyridine rings is 1. The molecule has 1 aromatic heterocycles. The monoisotopic (exact) mass is 282 g/mol. The van der Waals surface area contributed by atoms with E-state index < -0.39 is 0 Å². The van der Waals surface area contributed by atoms with Gasteiger partial charge in [0.25, 0.3) is 0 Å². The van der Waals surface area contributed by atoms with Crippen LogP contribution in [0.3, 0.4) is 0 Å². The normalized spacial score (nSPS) is 22.0. The number of hydrogen-bond acceptors (Lipinski definition) is 3. The van der Waals surface area contributed by atoms with E-state index >= 15 is 0 Å². The van der Waals surface area contributed by atoms with Gasteiger partial charge in [-0.05, 0) is 61.2 Å². The lowest BCUT2D eigenvalue weighted by molar-refractivity contribution is 0.0970. The average molecular weight is 282 g/mol. The van der Waals surface area contributed by atoms with Crippen LogP contribution in [0.15, 0.2) is 48.8 Å². The van der Waals surface area contributed by atoms with Crippen LogP contribution in [0, 0.1) is 5.92 Å². The lowest BCUT2D eigenvalue weighted by Crippen LogP contribution is -2.35. The van der Waals surface area contributed by atoms with Gasteiger partial charge in [0.05, 0.1) is 0 Å². The van der Waals surface area contributed by atoms with Crippen molar-refractivity contribution in [3.8, 4) is 16.9 Å². The zero-order valence-corrected chi connectivity index (χ0v) is 12.2. The van der Waals surface area contributed by atoms with E-state index in [1.54, 1.807) is 0 Å². The van der Waals surface area contributed by atoms with Gasteiger partial charge in [-0.1, -0.05) is 18.6 Å². The second-order valence-corrected chi connectivity index (χ2v) is 5.70. The maximum absolute atomic E-state index is 6.16. The summed E-state index contributed by atoms with van der Waals surface area (Å²) < 4.78 is 6.16. The fourth-order valence-electron chi connectivity index (χ4n) is 3.04. The molecule has 2 aromatic rings. The summed E-state index contributed by atoms with van der Waals surface area (Å²) in [7, 11) is 0. The Kier molecular flexibility index (Phi) is 4.51. The summed E-state index contributed by atoms with van der Waals surface area (Å²) in [6.45, 7) is 0.722. The highest BCUT2D eigenvalue weighted by atomic mass is 16.5. The molecule has 110 valence electrons. The van der Waals surface area contributed by atoms with E-state index in [1.165, 1.54) is 30.4 Å². The maximum atomic E-state index is 6.16. The van der Waals surface area contributed by atoms with Crippen LogP contribution in [0.2, 0.25) is 0 Å². The highest BCUT2D eigenvalue weighted by Crippen LogP contribution is 2.29. The van der Waals surface area contributed by atoms with Gasteiger partial charge in [0.1, 0.15) is 11.9 Å². The molecule has 1 saturated carbocycles. The zero-order chi connectivity index (χ0) is 14.5. The lowest BCUT2D eigenvalue weighted by Gasteiger charge is -2.31. The molecular weight excluding hydrogens is 260 g/mol. The molecule has 2 N–H and O–H groups in total. The van der Waals surface area contributed by atoms with Crippen molar-refractivity contribution in [3.05, 3.63) is 48.8 Å². The summed E-state index contributed by atoms with van der Waals surface area (Å²) in [5.74, 6) is 1.44. The second-order valence-electron chi connectivity index (χ2n) is 5.70. The van der Waals surface area contributed by atoms with Gasteiger partial charge in [-0.3, -0.25) is 4.98 Å². The SMILES string of the molecule is NCC1CCCCC1Oc1ccc(-c2ccncc2)cc1. The van der Waals surface area contributed by atoms with E-state index in [9.17, 15) is 0 Å². The van der Waals surface area contributed by atoms with Crippen LogP contribution >= 0.6 is 0 Å². The fourth-order valence-corrected chi connectivity index (χ4v) is 3.04. The van der Waals surface area contributed by atoms with Gasteiger partial charge in [0.2, 0.25) is 0 Å². The number of rotatable bonds is 4. The summed E-state index contributed by atoms with van der Waals surface area (Å²) in [5, 5.41) is 0. The van der Waals surface area contributed by atoms with E-state index in [0.29, 0.717) is 5.92 Å².